The molecule has 4 aromatic rings. The van der Waals surface area contributed by atoms with Crippen LogP contribution in [-0.2, 0) is 30.2 Å². The van der Waals surface area contributed by atoms with Crippen molar-refractivity contribution in [2.24, 2.45) is 0 Å². The fourth-order valence-corrected chi connectivity index (χ4v) is 4.02. The van der Waals surface area contributed by atoms with Crippen molar-refractivity contribution in [1.29, 1.82) is 0 Å². The van der Waals surface area contributed by atoms with Gasteiger partial charge in [-0.05, 0) is 46.8 Å². The summed E-state index contributed by atoms with van der Waals surface area (Å²) in [5, 5.41) is 13.3. The lowest BCUT2D eigenvalue weighted by atomic mass is 10.0. The number of benzene rings is 4. The molecule has 0 radical (unpaired) electrons. The number of aliphatic carboxylic acids is 1. The van der Waals surface area contributed by atoms with E-state index in [9.17, 15) is 41.0 Å². The Labute approximate surface area is 224 Å². The summed E-state index contributed by atoms with van der Waals surface area (Å²) in [7, 11) is 0. The Hall–Kier alpha value is -4.54. The molecular formula is C29H21F6NO4. The summed E-state index contributed by atoms with van der Waals surface area (Å²) >= 11 is 0. The number of fused-ring (bicyclic) bond motifs is 1. The van der Waals surface area contributed by atoms with Crippen LogP contribution in [0.4, 0.5) is 26.3 Å². The molecule has 1 amide bonds. The third kappa shape index (κ3) is 6.71. The first kappa shape index (κ1) is 28.5. The second kappa shape index (κ2) is 11.3. The van der Waals surface area contributed by atoms with Crippen LogP contribution in [0.15, 0.2) is 84.9 Å². The molecule has 0 saturated heterocycles. The summed E-state index contributed by atoms with van der Waals surface area (Å²) in [5.41, 5.74) is -1.08. The molecular weight excluding hydrogens is 540 g/mol. The zero-order valence-corrected chi connectivity index (χ0v) is 20.5. The molecule has 0 aliphatic carbocycles. The molecule has 2 N–H and O–H groups in total. The van der Waals surface area contributed by atoms with Gasteiger partial charge in [0.1, 0.15) is 18.4 Å². The van der Waals surface area contributed by atoms with Crippen molar-refractivity contribution in [2.75, 3.05) is 0 Å². The fourth-order valence-electron chi connectivity index (χ4n) is 4.02. The monoisotopic (exact) mass is 561 g/mol. The molecule has 1 atom stereocenters. The van der Waals surface area contributed by atoms with Gasteiger partial charge in [-0.15, -0.1) is 0 Å². The lowest BCUT2D eigenvalue weighted by Gasteiger charge is -2.18. The van der Waals surface area contributed by atoms with Crippen molar-refractivity contribution in [3.63, 3.8) is 0 Å². The number of amides is 1. The number of ether oxygens (including phenoxy) is 1. The Morgan fingerprint density at radius 1 is 0.750 bits per heavy atom. The topological polar surface area (TPSA) is 75.6 Å². The highest BCUT2D eigenvalue weighted by atomic mass is 19.4. The summed E-state index contributed by atoms with van der Waals surface area (Å²) in [4.78, 5) is 25.1. The molecule has 5 nitrogen and oxygen atoms in total. The molecule has 0 heterocycles. The van der Waals surface area contributed by atoms with Gasteiger partial charge in [0, 0.05) is 11.8 Å². The summed E-state index contributed by atoms with van der Waals surface area (Å²) < 4.78 is 83.1. The average molecular weight is 561 g/mol. The highest BCUT2D eigenvalue weighted by molar-refractivity contribution is 6.04. The molecule has 11 heteroatoms. The van der Waals surface area contributed by atoms with Crippen molar-refractivity contribution in [1.82, 2.24) is 5.32 Å². The van der Waals surface area contributed by atoms with Crippen molar-refractivity contribution < 1.29 is 45.8 Å². The Morgan fingerprint density at radius 2 is 1.30 bits per heavy atom. The van der Waals surface area contributed by atoms with Crippen LogP contribution in [-0.4, -0.2) is 23.0 Å². The molecule has 40 heavy (non-hydrogen) atoms. The largest absolute Gasteiger partial charge is 0.487 e. The first-order valence-electron chi connectivity index (χ1n) is 11.8. The summed E-state index contributed by atoms with van der Waals surface area (Å²) in [5.74, 6) is -2.12. The summed E-state index contributed by atoms with van der Waals surface area (Å²) in [6, 6.07) is 16.7. The van der Waals surface area contributed by atoms with Crippen LogP contribution in [0.2, 0.25) is 0 Å². The molecule has 0 aliphatic heterocycles. The molecule has 4 rings (SSSR count). The normalized spacial score (nSPS) is 12.7. The summed E-state index contributed by atoms with van der Waals surface area (Å²) in [6.07, 6.45) is -9.33. The zero-order valence-electron chi connectivity index (χ0n) is 20.5. The van der Waals surface area contributed by atoms with E-state index in [0.717, 1.165) is 36.4 Å². The number of carbonyl (C=O) groups excluding carboxylic acids is 1. The molecule has 4 aromatic carbocycles. The fraction of sp³-hybridized carbons (Fsp3) is 0.172. The van der Waals surface area contributed by atoms with E-state index in [-0.39, 0.29) is 29.9 Å². The van der Waals surface area contributed by atoms with E-state index in [1.165, 1.54) is 18.2 Å². The number of hydrogen-bond acceptors (Lipinski definition) is 3. The Bertz CT molecular complexity index is 1510. The zero-order chi connectivity index (χ0) is 29.1. The third-order valence-corrected chi connectivity index (χ3v) is 6.11. The maximum atomic E-state index is 13.2. The smallest absolute Gasteiger partial charge is 0.416 e. The lowest BCUT2D eigenvalue weighted by Crippen LogP contribution is -2.42. The van der Waals surface area contributed by atoms with Gasteiger partial charge < -0.3 is 15.2 Å². The molecule has 208 valence electrons. The number of halogens is 6. The van der Waals surface area contributed by atoms with Crippen molar-refractivity contribution >= 4 is 22.6 Å². The molecule has 0 spiro atoms. The van der Waals surface area contributed by atoms with Crippen LogP contribution in [0.3, 0.4) is 0 Å². The van der Waals surface area contributed by atoms with Gasteiger partial charge in [-0.2, -0.15) is 26.3 Å². The molecule has 0 saturated carbocycles. The number of carbonyl (C=O) groups is 2. The lowest BCUT2D eigenvalue weighted by molar-refractivity contribution is -0.139. The number of alkyl halides is 6. The molecule has 0 aliphatic rings. The van der Waals surface area contributed by atoms with Gasteiger partial charge in [0.25, 0.3) is 5.91 Å². The average Bonchev–Trinajstić information content (AvgIpc) is 2.90. The minimum absolute atomic E-state index is 0.0238. The van der Waals surface area contributed by atoms with Crippen molar-refractivity contribution in [3.05, 3.63) is 113 Å². The van der Waals surface area contributed by atoms with Gasteiger partial charge in [-0.1, -0.05) is 54.6 Å². The van der Waals surface area contributed by atoms with E-state index in [1.54, 1.807) is 30.3 Å². The first-order valence-corrected chi connectivity index (χ1v) is 11.8. The quantitative estimate of drug-likeness (QED) is 0.230. The van der Waals surface area contributed by atoms with E-state index in [0.29, 0.717) is 16.3 Å². The second-order valence-corrected chi connectivity index (χ2v) is 8.91. The number of nitrogens with one attached hydrogen (secondary N) is 1. The highest BCUT2D eigenvalue weighted by Crippen LogP contribution is 2.33. The van der Waals surface area contributed by atoms with Crippen LogP contribution < -0.4 is 10.1 Å². The first-order chi connectivity index (χ1) is 18.8. The van der Waals surface area contributed by atoms with Gasteiger partial charge in [0.05, 0.1) is 16.7 Å². The predicted molar refractivity (Wildman–Crippen MR) is 134 cm³/mol. The minimum atomic E-state index is -4.55. The third-order valence-electron chi connectivity index (χ3n) is 6.11. The van der Waals surface area contributed by atoms with E-state index < -0.39 is 41.4 Å². The second-order valence-electron chi connectivity index (χ2n) is 8.91. The van der Waals surface area contributed by atoms with E-state index in [1.807, 2.05) is 0 Å². The minimum Gasteiger partial charge on any atom is -0.487 e. The SMILES string of the molecule is O=C(N[C@@H](Cc1ccc(C(F)(F)F)cc1)C(=O)O)c1ccc2ccccc2c1OCc1ccc(C(F)(F)F)cc1. The van der Waals surface area contributed by atoms with E-state index in [4.69, 9.17) is 4.74 Å². The van der Waals surface area contributed by atoms with Crippen LogP contribution in [0.5, 0.6) is 5.75 Å². The van der Waals surface area contributed by atoms with Crippen LogP contribution in [0.25, 0.3) is 10.8 Å². The van der Waals surface area contributed by atoms with Crippen LogP contribution >= 0.6 is 0 Å². The van der Waals surface area contributed by atoms with Crippen LogP contribution in [0.1, 0.15) is 32.6 Å². The molecule has 0 unspecified atom stereocenters. The van der Waals surface area contributed by atoms with E-state index in [2.05, 4.69) is 5.32 Å². The Morgan fingerprint density at radius 3 is 1.85 bits per heavy atom. The van der Waals surface area contributed by atoms with Crippen LogP contribution in [0, 0.1) is 0 Å². The molecule has 0 aromatic heterocycles. The van der Waals surface area contributed by atoms with Gasteiger partial charge in [0.15, 0.2) is 0 Å². The van der Waals surface area contributed by atoms with Crippen molar-refractivity contribution in [3.8, 4) is 5.75 Å². The summed E-state index contributed by atoms with van der Waals surface area (Å²) in [6.45, 7) is -0.180. The van der Waals surface area contributed by atoms with Gasteiger partial charge in [-0.3, -0.25) is 4.79 Å². The Balaban J connectivity index is 1.57. The van der Waals surface area contributed by atoms with E-state index >= 15 is 0 Å². The maximum absolute atomic E-state index is 13.2. The number of carboxylic acid groups (broad SMARTS) is 1. The molecule has 0 bridgehead atoms. The maximum Gasteiger partial charge on any atom is 0.416 e. The van der Waals surface area contributed by atoms with Gasteiger partial charge in [0.2, 0.25) is 0 Å². The standard InChI is InChI=1S/C29H21F6NO4/c30-28(31,32)20-10-5-17(6-11-20)15-24(27(38)39)36-26(37)23-14-9-19-3-1-2-4-22(19)25(23)40-16-18-7-12-21(13-8-18)29(33,34)35/h1-14,24H,15-16H2,(H,36,37)(H,38,39)/t24-/m0/s1. The number of carboxylic acids is 1. The molecule has 0 fully saturated rings. The van der Waals surface area contributed by atoms with Gasteiger partial charge >= 0.3 is 18.3 Å². The van der Waals surface area contributed by atoms with Crippen molar-refractivity contribution in [2.45, 2.75) is 31.4 Å². The Kier molecular flexibility index (Phi) is 8.03. The predicted octanol–water partition coefficient (Wildman–Crippen LogP) is 6.88. The number of rotatable bonds is 8. The van der Waals surface area contributed by atoms with Gasteiger partial charge in [-0.25, -0.2) is 4.79 Å². The number of hydrogen-bond donors (Lipinski definition) is 2. The highest BCUT2D eigenvalue weighted by Gasteiger charge is 2.31.